The molecule has 174 valence electrons. The Labute approximate surface area is 208 Å². The van der Waals surface area contributed by atoms with Gasteiger partial charge in [0.1, 0.15) is 12.4 Å². The number of aryl methyl sites for hydroxylation is 1. The Hall–Kier alpha value is -2.22. The summed E-state index contributed by atoms with van der Waals surface area (Å²) >= 11 is 13.4. The molecule has 0 bridgehead atoms. The Kier molecular flexibility index (Phi) is 8.17. The van der Waals surface area contributed by atoms with E-state index in [0.717, 1.165) is 35.1 Å². The van der Waals surface area contributed by atoms with E-state index in [9.17, 15) is 4.79 Å². The highest BCUT2D eigenvalue weighted by Crippen LogP contribution is 2.33. The van der Waals surface area contributed by atoms with Crippen LogP contribution in [0.2, 0.25) is 10.0 Å². The van der Waals surface area contributed by atoms with Crippen molar-refractivity contribution >= 4 is 46.6 Å². The number of hydrogen-bond donors (Lipinski definition) is 1. The fourth-order valence-corrected chi connectivity index (χ4v) is 4.99. The van der Waals surface area contributed by atoms with Crippen LogP contribution in [-0.2, 0) is 11.4 Å². The van der Waals surface area contributed by atoms with Gasteiger partial charge in [0.05, 0.1) is 5.75 Å². The quantitative estimate of drug-likeness (QED) is 0.345. The lowest BCUT2D eigenvalue weighted by Gasteiger charge is -2.25. The van der Waals surface area contributed by atoms with Gasteiger partial charge in [-0.05, 0) is 67.8 Å². The topological polar surface area (TPSA) is 69.0 Å². The Morgan fingerprint density at radius 2 is 1.88 bits per heavy atom. The zero-order valence-electron chi connectivity index (χ0n) is 18.4. The van der Waals surface area contributed by atoms with Gasteiger partial charge < -0.3 is 10.1 Å². The van der Waals surface area contributed by atoms with Gasteiger partial charge in [-0.15, -0.1) is 10.2 Å². The van der Waals surface area contributed by atoms with Crippen LogP contribution >= 0.6 is 35.0 Å². The van der Waals surface area contributed by atoms with Crippen LogP contribution in [0.5, 0.6) is 5.75 Å². The average molecular weight is 505 g/mol. The molecule has 9 heteroatoms. The lowest BCUT2D eigenvalue weighted by atomic mass is 9.95. The van der Waals surface area contributed by atoms with Crippen LogP contribution in [0.3, 0.4) is 0 Å². The molecule has 1 saturated carbocycles. The Balaban J connectivity index is 1.45. The van der Waals surface area contributed by atoms with Crippen molar-refractivity contribution in [2.75, 3.05) is 11.1 Å². The van der Waals surface area contributed by atoms with Gasteiger partial charge in [-0.25, -0.2) is 0 Å². The zero-order chi connectivity index (χ0) is 23.2. The number of carbonyl (C=O) groups excluding carboxylic acids is 1. The maximum atomic E-state index is 12.5. The van der Waals surface area contributed by atoms with Crippen molar-refractivity contribution in [1.82, 2.24) is 14.8 Å². The Bertz CT molecular complexity index is 1100. The van der Waals surface area contributed by atoms with Crippen LogP contribution in [0.15, 0.2) is 47.6 Å². The van der Waals surface area contributed by atoms with Crippen molar-refractivity contribution < 1.29 is 9.53 Å². The molecule has 1 N–H and O–H groups in total. The number of ether oxygens (including phenoxy) is 1. The van der Waals surface area contributed by atoms with E-state index >= 15 is 0 Å². The highest BCUT2D eigenvalue weighted by atomic mass is 35.5. The van der Waals surface area contributed by atoms with E-state index < -0.39 is 0 Å². The molecule has 1 aliphatic rings. The molecule has 0 unspecified atom stereocenters. The standard InChI is InChI=1S/C24H26Cl2N4O2S/c1-16-13-20(11-12-21(16)26)32-14-22-28-29-24(30(22)19-5-3-2-4-6-19)33-15-23(31)27-18-9-7-17(25)8-10-18/h7-13,19H,2-6,14-15H2,1H3,(H,27,31). The van der Waals surface area contributed by atoms with Crippen molar-refractivity contribution in [2.24, 2.45) is 0 Å². The van der Waals surface area contributed by atoms with Gasteiger partial charge in [0.25, 0.3) is 0 Å². The molecular formula is C24H26Cl2N4O2S. The van der Waals surface area contributed by atoms with E-state index in [1.165, 1.54) is 31.0 Å². The molecule has 1 heterocycles. The Morgan fingerprint density at radius 1 is 1.12 bits per heavy atom. The van der Waals surface area contributed by atoms with E-state index in [0.29, 0.717) is 28.4 Å². The SMILES string of the molecule is Cc1cc(OCc2nnc(SCC(=O)Nc3ccc(Cl)cc3)n2C2CCCCC2)ccc1Cl. The number of thioether (sulfide) groups is 1. The maximum absolute atomic E-state index is 12.5. The van der Waals surface area contributed by atoms with E-state index in [-0.39, 0.29) is 11.7 Å². The summed E-state index contributed by atoms with van der Waals surface area (Å²) in [5.41, 5.74) is 1.68. The first-order valence-electron chi connectivity index (χ1n) is 11.0. The molecule has 6 nitrogen and oxygen atoms in total. The second-order valence-electron chi connectivity index (χ2n) is 8.10. The zero-order valence-corrected chi connectivity index (χ0v) is 20.7. The van der Waals surface area contributed by atoms with Crippen LogP contribution in [0.1, 0.15) is 49.5 Å². The largest absolute Gasteiger partial charge is 0.486 e. The van der Waals surface area contributed by atoms with Crippen LogP contribution in [0.4, 0.5) is 5.69 Å². The second kappa shape index (κ2) is 11.3. The van der Waals surface area contributed by atoms with Crippen molar-refractivity contribution in [3.05, 3.63) is 63.9 Å². The summed E-state index contributed by atoms with van der Waals surface area (Å²) in [5, 5.41) is 13.8. The van der Waals surface area contributed by atoms with Crippen LogP contribution < -0.4 is 10.1 Å². The number of hydrogen-bond acceptors (Lipinski definition) is 5. The van der Waals surface area contributed by atoms with E-state index in [2.05, 4.69) is 20.1 Å². The van der Waals surface area contributed by atoms with Gasteiger partial charge in [0.15, 0.2) is 11.0 Å². The molecule has 1 fully saturated rings. The molecule has 0 radical (unpaired) electrons. The molecule has 33 heavy (non-hydrogen) atoms. The van der Waals surface area contributed by atoms with E-state index in [4.69, 9.17) is 27.9 Å². The first kappa shape index (κ1) is 23.9. The molecule has 0 saturated heterocycles. The molecule has 0 atom stereocenters. The smallest absolute Gasteiger partial charge is 0.234 e. The van der Waals surface area contributed by atoms with Crippen molar-refractivity contribution in [3.8, 4) is 5.75 Å². The molecule has 1 amide bonds. The number of anilines is 1. The predicted molar refractivity (Wildman–Crippen MR) is 133 cm³/mol. The summed E-state index contributed by atoms with van der Waals surface area (Å²) in [6.45, 7) is 2.26. The fraction of sp³-hybridized carbons (Fsp3) is 0.375. The first-order chi connectivity index (χ1) is 16.0. The van der Waals surface area contributed by atoms with E-state index in [1.807, 2.05) is 25.1 Å². The van der Waals surface area contributed by atoms with Gasteiger partial charge in [-0.2, -0.15) is 0 Å². The molecule has 0 spiro atoms. The fourth-order valence-electron chi connectivity index (χ4n) is 3.93. The highest BCUT2D eigenvalue weighted by molar-refractivity contribution is 7.99. The van der Waals surface area contributed by atoms with Crippen molar-refractivity contribution in [3.63, 3.8) is 0 Å². The van der Waals surface area contributed by atoms with Gasteiger partial charge in [-0.3, -0.25) is 9.36 Å². The molecule has 1 aromatic heterocycles. The minimum atomic E-state index is -0.102. The number of nitrogens with one attached hydrogen (secondary N) is 1. The van der Waals surface area contributed by atoms with Gasteiger partial charge in [0.2, 0.25) is 5.91 Å². The third-order valence-corrected chi connectivity index (χ3v) is 7.25. The summed E-state index contributed by atoms with van der Waals surface area (Å²) in [6.07, 6.45) is 5.77. The number of nitrogens with zero attached hydrogens (tertiary/aromatic N) is 3. The molecule has 4 rings (SSSR count). The number of benzene rings is 2. The number of rotatable bonds is 8. The monoisotopic (exact) mass is 504 g/mol. The number of amides is 1. The Morgan fingerprint density at radius 3 is 2.61 bits per heavy atom. The minimum absolute atomic E-state index is 0.102. The maximum Gasteiger partial charge on any atom is 0.234 e. The number of aromatic nitrogens is 3. The predicted octanol–water partition coefficient (Wildman–Crippen LogP) is 6.71. The number of carbonyl (C=O) groups is 1. The van der Waals surface area contributed by atoms with Gasteiger partial charge in [0, 0.05) is 21.8 Å². The van der Waals surface area contributed by atoms with Crippen LogP contribution in [-0.4, -0.2) is 26.4 Å². The van der Waals surface area contributed by atoms with Gasteiger partial charge in [-0.1, -0.05) is 54.2 Å². The summed E-state index contributed by atoms with van der Waals surface area (Å²) in [5.74, 6) is 1.65. The molecule has 0 aliphatic heterocycles. The lowest BCUT2D eigenvalue weighted by Crippen LogP contribution is -2.19. The second-order valence-corrected chi connectivity index (χ2v) is 9.89. The average Bonchev–Trinajstić information content (AvgIpc) is 3.23. The summed E-state index contributed by atoms with van der Waals surface area (Å²) in [7, 11) is 0. The third kappa shape index (κ3) is 6.43. The number of halogens is 2. The van der Waals surface area contributed by atoms with Crippen molar-refractivity contribution in [2.45, 2.75) is 56.8 Å². The summed E-state index contributed by atoms with van der Waals surface area (Å²) < 4.78 is 8.17. The third-order valence-electron chi connectivity index (χ3n) is 5.63. The molecule has 3 aromatic rings. The minimum Gasteiger partial charge on any atom is -0.486 e. The molecule has 1 aliphatic carbocycles. The molecule has 2 aromatic carbocycles. The summed E-state index contributed by atoms with van der Waals surface area (Å²) in [4.78, 5) is 12.5. The summed E-state index contributed by atoms with van der Waals surface area (Å²) in [6, 6.07) is 13.0. The normalized spacial score (nSPS) is 14.3. The van der Waals surface area contributed by atoms with Crippen LogP contribution in [0.25, 0.3) is 0 Å². The van der Waals surface area contributed by atoms with E-state index in [1.54, 1.807) is 24.3 Å². The molecular weight excluding hydrogens is 479 g/mol. The first-order valence-corrected chi connectivity index (χ1v) is 12.7. The lowest BCUT2D eigenvalue weighted by molar-refractivity contribution is -0.113. The van der Waals surface area contributed by atoms with Gasteiger partial charge >= 0.3 is 0 Å². The van der Waals surface area contributed by atoms with Crippen LogP contribution in [0, 0.1) is 6.92 Å². The van der Waals surface area contributed by atoms with Crippen molar-refractivity contribution in [1.29, 1.82) is 0 Å². The highest BCUT2D eigenvalue weighted by Gasteiger charge is 2.24.